The van der Waals surface area contributed by atoms with Crippen molar-refractivity contribution in [3.8, 4) is 5.88 Å². The van der Waals surface area contributed by atoms with E-state index in [1.54, 1.807) is 0 Å². The van der Waals surface area contributed by atoms with Crippen LogP contribution in [0.4, 0.5) is 14.6 Å². The zero-order valence-electron chi connectivity index (χ0n) is 7.83. The number of nitrogens with zero attached hydrogens (tertiary/aromatic N) is 1. The summed E-state index contributed by atoms with van der Waals surface area (Å²) >= 11 is 0. The van der Waals surface area contributed by atoms with Crippen LogP contribution in [0.1, 0.15) is 6.42 Å². The Hall–Kier alpha value is -1.47. The lowest BCUT2D eigenvalue weighted by molar-refractivity contribution is 0.223. The molecule has 1 aromatic heterocycles. The number of hydrazine groups is 1. The fourth-order valence-electron chi connectivity index (χ4n) is 0.886. The van der Waals surface area contributed by atoms with Crippen molar-refractivity contribution in [3.63, 3.8) is 0 Å². The molecule has 0 aliphatic carbocycles. The number of rotatable bonds is 5. The summed E-state index contributed by atoms with van der Waals surface area (Å²) in [5, 5.41) is 8.47. The number of nitrogen functional groups attached to an aromatic ring is 1. The molecular weight excluding hydrogens is 208 g/mol. The topological polar surface area (TPSA) is 80.4 Å². The third-order valence-corrected chi connectivity index (χ3v) is 1.58. The van der Waals surface area contributed by atoms with E-state index in [-0.39, 0.29) is 24.9 Å². The SMILES string of the molecule is NNc1nc(OCCCO)c(F)cc1F. The predicted octanol–water partition coefficient (Wildman–Crippen LogP) is 0.407. The number of pyridine rings is 1. The van der Waals surface area contributed by atoms with E-state index in [9.17, 15) is 8.78 Å². The second-order valence-corrected chi connectivity index (χ2v) is 2.68. The minimum Gasteiger partial charge on any atom is -0.475 e. The number of aliphatic hydroxyl groups excluding tert-OH is 1. The summed E-state index contributed by atoms with van der Waals surface area (Å²) in [5.74, 6) is 2.50. The van der Waals surface area contributed by atoms with Crippen LogP contribution in [0.15, 0.2) is 6.07 Å². The molecule has 0 aliphatic rings. The van der Waals surface area contributed by atoms with Crippen LogP contribution < -0.4 is 16.0 Å². The van der Waals surface area contributed by atoms with E-state index in [2.05, 4.69) is 4.98 Å². The molecule has 0 aliphatic heterocycles. The first-order chi connectivity index (χ1) is 7.19. The number of ether oxygens (including phenoxy) is 1. The van der Waals surface area contributed by atoms with Gasteiger partial charge in [-0.1, -0.05) is 0 Å². The minimum atomic E-state index is -0.913. The lowest BCUT2D eigenvalue weighted by Crippen LogP contribution is -2.12. The fourth-order valence-corrected chi connectivity index (χ4v) is 0.886. The second-order valence-electron chi connectivity index (χ2n) is 2.68. The molecule has 1 aromatic rings. The molecule has 0 saturated heterocycles. The molecule has 84 valence electrons. The maximum absolute atomic E-state index is 13.0. The summed E-state index contributed by atoms with van der Waals surface area (Å²) in [6, 6.07) is 0.622. The molecule has 4 N–H and O–H groups in total. The van der Waals surface area contributed by atoms with Crippen LogP contribution in [0.25, 0.3) is 0 Å². The van der Waals surface area contributed by atoms with Crippen molar-refractivity contribution in [3.05, 3.63) is 17.7 Å². The van der Waals surface area contributed by atoms with Crippen molar-refractivity contribution in [2.75, 3.05) is 18.6 Å². The summed E-state index contributed by atoms with van der Waals surface area (Å²) in [5.41, 5.74) is 1.97. The van der Waals surface area contributed by atoms with Crippen LogP contribution in [0.3, 0.4) is 0 Å². The van der Waals surface area contributed by atoms with Crippen LogP contribution in [-0.4, -0.2) is 23.3 Å². The molecule has 0 aromatic carbocycles. The Morgan fingerprint density at radius 3 is 2.80 bits per heavy atom. The van der Waals surface area contributed by atoms with E-state index >= 15 is 0 Å². The largest absolute Gasteiger partial charge is 0.475 e. The maximum atomic E-state index is 13.0. The summed E-state index contributed by atoms with van der Waals surface area (Å²) in [4.78, 5) is 3.47. The van der Waals surface area contributed by atoms with Crippen molar-refractivity contribution in [2.24, 2.45) is 5.84 Å². The molecule has 0 saturated carbocycles. The van der Waals surface area contributed by atoms with Gasteiger partial charge in [-0.2, -0.15) is 4.98 Å². The summed E-state index contributed by atoms with van der Waals surface area (Å²) in [6.07, 6.45) is 0.337. The molecule has 7 heteroatoms. The average molecular weight is 219 g/mol. The van der Waals surface area contributed by atoms with Gasteiger partial charge in [0.2, 0.25) is 0 Å². The van der Waals surface area contributed by atoms with Gasteiger partial charge >= 0.3 is 0 Å². The van der Waals surface area contributed by atoms with Gasteiger partial charge in [0.15, 0.2) is 17.5 Å². The highest BCUT2D eigenvalue weighted by atomic mass is 19.1. The van der Waals surface area contributed by atoms with Crippen LogP contribution in [0.2, 0.25) is 0 Å². The molecule has 0 spiro atoms. The van der Waals surface area contributed by atoms with E-state index in [4.69, 9.17) is 15.7 Å². The van der Waals surface area contributed by atoms with E-state index < -0.39 is 11.6 Å². The van der Waals surface area contributed by atoms with Gasteiger partial charge in [-0.25, -0.2) is 14.6 Å². The number of hydrogen-bond acceptors (Lipinski definition) is 5. The molecule has 0 unspecified atom stereocenters. The molecule has 0 atom stereocenters. The normalized spacial score (nSPS) is 10.1. The van der Waals surface area contributed by atoms with E-state index in [1.807, 2.05) is 5.43 Å². The highest BCUT2D eigenvalue weighted by Crippen LogP contribution is 2.19. The first-order valence-corrected chi connectivity index (χ1v) is 4.25. The second kappa shape index (κ2) is 5.42. The molecule has 15 heavy (non-hydrogen) atoms. The zero-order chi connectivity index (χ0) is 11.3. The lowest BCUT2D eigenvalue weighted by atomic mass is 10.4. The standard InChI is InChI=1S/C8H11F2N3O2/c9-5-4-6(10)8(12-7(5)13-11)15-3-1-2-14/h4,14H,1-3,11H2,(H,12,13). The number of nitrogens with two attached hydrogens (primary N) is 1. The minimum absolute atomic E-state index is 0.0786. The lowest BCUT2D eigenvalue weighted by Gasteiger charge is -2.07. The van der Waals surface area contributed by atoms with Gasteiger partial charge in [0.05, 0.1) is 6.61 Å². The Balaban J connectivity index is 2.78. The van der Waals surface area contributed by atoms with Crippen molar-refractivity contribution in [2.45, 2.75) is 6.42 Å². The van der Waals surface area contributed by atoms with Crippen LogP contribution >= 0.6 is 0 Å². The molecule has 0 amide bonds. The van der Waals surface area contributed by atoms with Gasteiger partial charge in [0.1, 0.15) is 0 Å². The molecule has 1 rings (SSSR count). The van der Waals surface area contributed by atoms with Gasteiger partial charge < -0.3 is 15.3 Å². The first-order valence-electron chi connectivity index (χ1n) is 4.25. The van der Waals surface area contributed by atoms with Crippen LogP contribution in [0.5, 0.6) is 5.88 Å². The number of aliphatic hydroxyl groups is 1. The van der Waals surface area contributed by atoms with E-state index in [0.29, 0.717) is 12.5 Å². The number of nitrogens with one attached hydrogen (secondary N) is 1. The fraction of sp³-hybridized carbons (Fsp3) is 0.375. The van der Waals surface area contributed by atoms with Gasteiger partial charge in [-0.05, 0) is 0 Å². The third-order valence-electron chi connectivity index (χ3n) is 1.58. The molecule has 0 radical (unpaired) electrons. The molecule has 5 nitrogen and oxygen atoms in total. The summed E-state index contributed by atoms with van der Waals surface area (Å²) in [7, 11) is 0. The Morgan fingerprint density at radius 2 is 2.20 bits per heavy atom. The molecule has 1 heterocycles. The molecular formula is C8H11F2N3O2. The van der Waals surface area contributed by atoms with Crippen molar-refractivity contribution in [1.82, 2.24) is 4.98 Å². The first kappa shape index (κ1) is 11.6. The van der Waals surface area contributed by atoms with E-state index in [1.165, 1.54) is 0 Å². The Bertz CT molecular complexity index is 336. The predicted molar refractivity (Wildman–Crippen MR) is 49.2 cm³/mol. The highest BCUT2D eigenvalue weighted by Gasteiger charge is 2.11. The van der Waals surface area contributed by atoms with Crippen molar-refractivity contribution in [1.29, 1.82) is 0 Å². The average Bonchev–Trinajstić information content (AvgIpc) is 2.21. The zero-order valence-corrected chi connectivity index (χ0v) is 7.83. The Labute approximate surface area is 84.8 Å². The van der Waals surface area contributed by atoms with Gasteiger partial charge in [-0.3, -0.25) is 0 Å². The van der Waals surface area contributed by atoms with Crippen molar-refractivity contribution < 1.29 is 18.6 Å². The molecule has 0 fully saturated rings. The monoisotopic (exact) mass is 219 g/mol. The third kappa shape index (κ3) is 3.00. The van der Waals surface area contributed by atoms with E-state index in [0.717, 1.165) is 0 Å². The summed E-state index contributed by atoms with van der Waals surface area (Å²) < 4.78 is 30.8. The Morgan fingerprint density at radius 1 is 1.47 bits per heavy atom. The maximum Gasteiger partial charge on any atom is 0.252 e. The summed E-state index contributed by atoms with van der Waals surface area (Å²) in [6.45, 7) is 0.0148. The smallest absolute Gasteiger partial charge is 0.252 e. The van der Waals surface area contributed by atoms with Gasteiger partial charge in [-0.15, -0.1) is 0 Å². The number of halogens is 2. The number of anilines is 1. The quantitative estimate of drug-likeness (QED) is 0.379. The Kier molecular flexibility index (Phi) is 4.19. The van der Waals surface area contributed by atoms with Crippen LogP contribution in [0, 0.1) is 11.6 Å². The van der Waals surface area contributed by atoms with Gasteiger partial charge in [0.25, 0.3) is 5.88 Å². The number of hydrogen-bond donors (Lipinski definition) is 3. The molecule has 0 bridgehead atoms. The number of aromatic nitrogens is 1. The highest BCUT2D eigenvalue weighted by molar-refractivity contribution is 5.38. The van der Waals surface area contributed by atoms with Crippen molar-refractivity contribution >= 4 is 5.82 Å². The van der Waals surface area contributed by atoms with Gasteiger partial charge in [0, 0.05) is 19.1 Å². The van der Waals surface area contributed by atoms with Crippen LogP contribution in [-0.2, 0) is 0 Å².